The Morgan fingerprint density at radius 3 is 2.27 bits per heavy atom. The van der Waals surface area contributed by atoms with E-state index in [1.807, 2.05) is 0 Å². The highest BCUT2D eigenvalue weighted by Crippen LogP contribution is 2.18. The molecule has 0 saturated heterocycles. The summed E-state index contributed by atoms with van der Waals surface area (Å²) in [7, 11) is 0. The van der Waals surface area contributed by atoms with Crippen LogP contribution in [0.1, 0.15) is 59.8 Å². The third-order valence-electron chi connectivity index (χ3n) is 2.59. The Labute approximate surface area is 95.8 Å². The van der Waals surface area contributed by atoms with Crippen LogP contribution in [-0.2, 0) is 0 Å². The third-order valence-corrected chi connectivity index (χ3v) is 2.59. The van der Waals surface area contributed by atoms with E-state index in [2.05, 4.69) is 52.0 Å². The van der Waals surface area contributed by atoms with E-state index in [9.17, 15) is 0 Å². The molecule has 0 aromatic rings. The first-order chi connectivity index (χ1) is 7.28. The first-order valence-corrected chi connectivity index (χ1v) is 6.27. The van der Waals surface area contributed by atoms with Crippen LogP contribution < -0.4 is 0 Å². The zero-order valence-corrected chi connectivity index (χ0v) is 10.8. The topological polar surface area (TPSA) is 0 Å². The average Bonchev–Trinajstić information content (AvgIpc) is 2.26. The van der Waals surface area contributed by atoms with Gasteiger partial charge in [-0.1, -0.05) is 62.6 Å². The molecule has 0 rings (SSSR count). The van der Waals surface area contributed by atoms with Gasteiger partial charge in [-0.25, -0.2) is 0 Å². The van der Waals surface area contributed by atoms with Crippen molar-refractivity contribution in [2.24, 2.45) is 0 Å². The van der Waals surface area contributed by atoms with Crippen molar-refractivity contribution in [3.63, 3.8) is 0 Å². The molecule has 86 valence electrons. The van der Waals surface area contributed by atoms with Crippen molar-refractivity contribution in [2.75, 3.05) is 0 Å². The van der Waals surface area contributed by atoms with Crippen LogP contribution in [0.25, 0.3) is 0 Å². The number of rotatable bonds is 7. The predicted octanol–water partition coefficient (Wildman–Crippen LogP) is 5.43. The van der Waals surface area contributed by atoms with Crippen molar-refractivity contribution in [3.8, 4) is 0 Å². The third kappa shape index (κ3) is 7.18. The van der Waals surface area contributed by atoms with Crippen molar-refractivity contribution in [3.05, 3.63) is 35.5 Å². The van der Waals surface area contributed by atoms with Crippen LogP contribution in [0.5, 0.6) is 0 Å². The Bertz CT molecular complexity index is 228. The Morgan fingerprint density at radius 2 is 1.80 bits per heavy atom. The molecule has 0 spiro atoms. The van der Waals surface area contributed by atoms with Gasteiger partial charge in [0.05, 0.1) is 0 Å². The largest absolute Gasteiger partial charge is 0.0881 e. The second kappa shape index (κ2) is 9.76. The molecule has 0 bridgehead atoms. The molecule has 0 unspecified atom stereocenters. The van der Waals surface area contributed by atoms with Gasteiger partial charge in [0.25, 0.3) is 0 Å². The molecule has 0 aliphatic heterocycles. The van der Waals surface area contributed by atoms with Gasteiger partial charge in [-0.3, -0.25) is 0 Å². The average molecular weight is 206 g/mol. The molecule has 15 heavy (non-hydrogen) atoms. The zero-order valence-electron chi connectivity index (χ0n) is 10.8. The van der Waals surface area contributed by atoms with Crippen LogP contribution in [0, 0.1) is 0 Å². The second-order valence-corrected chi connectivity index (χ2v) is 3.89. The lowest BCUT2D eigenvalue weighted by Gasteiger charge is -2.07. The molecule has 0 fully saturated rings. The molecular weight excluding hydrogens is 180 g/mol. The highest BCUT2D eigenvalue weighted by atomic mass is 14.0. The van der Waals surface area contributed by atoms with Gasteiger partial charge in [-0.2, -0.15) is 0 Å². The van der Waals surface area contributed by atoms with E-state index < -0.39 is 0 Å². The van der Waals surface area contributed by atoms with E-state index in [0.29, 0.717) is 0 Å². The van der Waals surface area contributed by atoms with Crippen molar-refractivity contribution in [1.82, 2.24) is 0 Å². The summed E-state index contributed by atoms with van der Waals surface area (Å²) in [5, 5.41) is 0. The minimum absolute atomic E-state index is 1.13. The van der Waals surface area contributed by atoms with Crippen LogP contribution in [-0.4, -0.2) is 0 Å². The standard InChI is InChI=1S/C15H26/c1-5-9-10-12-15(11-6-2)13-14(7-3)8-4/h7,9-10,12H,5-6,8,11,13H2,1-4H3. The molecule has 0 atom stereocenters. The Morgan fingerprint density at radius 1 is 1.07 bits per heavy atom. The van der Waals surface area contributed by atoms with Crippen molar-refractivity contribution in [2.45, 2.75) is 59.8 Å². The van der Waals surface area contributed by atoms with Crippen molar-refractivity contribution >= 4 is 0 Å². The summed E-state index contributed by atoms with van der Waals surface area (Å²) in [6.07, 6.45) is 14.9. The van der Waals surface area contributed by atoms with Crippen LogP contribution in [0.4, 0.5) is 0 Å². The van der Waals surface area contributed by atoms with Gasteiger partial charge >= 0.3 is 0 Å². The lowest BCUT2D eigenvalue weighted by molar-refractivity contribution is 0.848. The first kappa shape index (κ1) is 14.2. The van der Waals surface area contributed by atoms with Crippen LogP contribution in [0.2, 0.25) is 0 Å². The summed E-state index contributed by atoms with van der Waals surface area (Å²) in [5.41, 5.74) is 3.12. The molecular formula is C15H26. The molecule has 0 aromatic heterocycles. The lowest BCUT2D eigenvalue weighted by atomic mass is 9.99. The SMILES string of the molecule is CC=C(CC)CC(=CC=CCC)CCC. The van der Waals surface area contributed by atoms with E-state index in [1.165, 1.54) is 19.3 Å². The van der Waals surface area contributed by atoms with Crippen LogP contribution in [0.15, 0.2) is 35.5 Å². The molecule has 0 aliphatic rings. The number of allylic oxidation sites excluding steroid dienone is 6. The van der Waals surface area contributed by atoms with Crippen LogP contribution >= 0.6 is 0 Å². The van der Waals surface area contributed by atoms with Gasteiger partial charge < -0.3 is 0 Å². The second-order valence-electron chi connectivity index (χ2n) is 3.89. The summed E-state index contributed by atoms with van der Waals surface area (Å²) < 4.78 is 0. The Balaban J connectivity index is 4.38. The monoisotopic (exact) mass is 206 g/mol. The fourth-order valence-electron chi connectivity index (χ4n) is 1.61. The minimum Gasteiger partial charge on any atom is -0.0881 e. The van der Waals surface area contributed by atoms with E-state index >= 15 is 0 Å². The maximum atomic E-state index is 2.30. The first-order valence-electron chi connectivity index (χ1n) is 6.27. The molecule has 0 heteroatoms. The molecule has 0 nitrogen and oxygen atoms in total. The lowest BCUT2D eigenvalue weighted by Crippen LogP contribution is -1.87. The summed E-state index contributed by atoms with van der Waals surface area (Å²) in [4.78, 5) is 0. The van der Waals surface area contributed by atoms with Gasteiger partial charge in [-0.15, -0.1) is 0 Å². The summed E-state index contributed by atoms with van der Waals surface area (Å²) in [5.74, 6) is 0. The van der Waals surface area contributed by atoms with E-state index in [1.54, 1.807) is 11.1 Å². The smallest absolute Gasteiger partial charge is 0.0106 e. The molecule has 0 aliphatic carbocycles. The maximum Gasteiger partial charge on any atom is -0.0106 e. The van der Waals surface area contributed by atoms with Gasteiger partial charge in [0.1, 0.15) is 0 Å². The molecule has 0 aromatic carbocycles. The van der Waals surface area contributed by atoms with Gasteiger partial charge in [-0.05, 0) is 32.6 Å². The molecule has 0 heterocycles. The molecule has 0 N–H and O–H groups in total. The predicted molar refractivity (Wildman–Crippen MR) is 71.1 cm³/mol. The van der Waals surface area contributed by atoms with Gasteiger partial charge in [0.2, 0.25) is 0 Å². The zero-order chi connectivity index (χ0) is 11.5. The normalized spacial score (nSPS) is 13.9. The fraction of sp³-hybridized carbons (Fsp3) is 0.600. The van der Waals surface area contributed by atoms with Gasteiger partial charge in [0.15, 0.2) is 0 Å². The van der Waals surface area contributed by atoms with Gasteiger partial charge in [0, 0.05) is 0 Å². The molecule has 0 saturated carbocycles. The number of hydrogen-bond acceptors (Lipinski definition) is 0. The van der Waals surface area contributed by atoms with Crippen LogP contribution in [0.3, 0.4) is 0 Å². The van der Waals surface area contributed by atoms with E-state index in [4.69, 9.17) is 0 Å². The summed E-state index contributed by atoms with van der Waals surface area (Å²) in [6.45, 7) is 8.80. The summed E-state index contributed by atoms with van der Waals surface area (Å²) >= 11 is 0. The number of hydrogen-bond donors (Lipinski definition) is 0. The molecule has 0 radical (unpaired) electrons. The minimum atomic E-state index is 1.13. The highest BCUT2D eigenvalue weighted by Gasteiger charge is 1.98. The molecule has 0 amide bonds. The quantitative estimate of drug-likeness (QED) is 0.385. The van der Waals surface area contributed by atoms with E-state index in [-0.39, 0.29) is 0 Å². The summed E-state index contributed by atoms with van der Waals surface area (Å²) in [6, 6.07) is 0. The van der Waals surface area contributed by atoms with Crippen molar-refractivity contribution < 1.29 is 0 Å². The Hall–Kier alpha value is -0.780. The fourth-order valence-corrected chi connectivity index (χ4v) is 1.61. The highest BCUT2D eigenvalue weighted by molar-refractivity contribution is 5.19. The Kier molecular flexibility index (Phi) is 9.26. The van der Waals surface area contributed by atoms with Crippen molar-refractivity contribution in [1.29, 1.82) is 0 Å². The maximum absolute atomic E-state index is 2.30. The van der Waals surface area contributed by atoms with E-state index in [0.717, 1.165) is 12.8 Å².